The van der Waals surface area contributed by atoms with Crippen molar-refractivity contribution in [3.63, 3.8) is 0 Å². The van der Waals surface area contributed by atoms with Gasteiger partial charge in [0, 0.05) is 24.4 Å². The molecule has 24 heavy (non-hydrogen) atoms. The van der Waals surface area contributed by atoms with E-state index in [0.717, 1.165) is 11.4 Å². The zero-order chi connectivity index (χ0) is 18.0. The minimum atomic E-state index is -2.89. The first kappa shape index (κ1) is 18.9. The molecule has 0 aromatic carbocycles. The molecule has 0 aliphatic carbocycles. The molecular formula is C16H28N4O3S. The number of carbonyl (C=O) groups excluding carboxylic acids is 1. The Bertz CT molecular complexity index is 676. The van der Waals surface area contributed by atoms with Crippen molar-refractivity contribution in [2.75, 3.05) is 25.1 Å². The van der Waals surface area contributed by atoms with Crippen LogP contribution < -0.4 is 5.32 Å². The van der Waals surface area contributed by atoms with Crippen LogP contribution in [0.3, 0.4) is 0 Å². The number of aromatic amines is 1. The summed E-state index contributed by atoms with van der Waals surface area (Å²) in [6, 6.07) is 2.00. The summed E-state index contributed by atoms with van der Waals surface area (Å²) in [7, 11) is -1.01. The highest BCUT2D eigenvalue weighted by Gasteiger charge is 2.30. The number of amides is 1. The third kappa shape index (κ3) is 5.31. The molecule has 0 radical (unpaired) electrons. The highest BCUT2D eigenvalue weighted by atomic mass is 32.2. The molecule has 1 aromatic heterocycles. The average molecular weight is 356 g/mol. The summed E-state index contributed by atoms with van der Waals surface area (Å²) < 4.78 is 23.0. The van der Waals surface area contributed by atoms with Gasteiger partial charge < -0.3 is 10.2 Å². The van der Waals surface area contributed by atoms with Crippen LogP contribution in [0.4, 0.5) is 0 Å². The van der Waals surface area contributed by atoms with Crippen LogP contribution in [0.15, 0.2) is 6.07 Å². The maximum Gasteiger partial charge on any atom is 0.221 e. The van der Waals surface area contributed by atoms with Crippen molar-refractivity contribution < 1.29 is 13.2 Å². The first-order valence-electron chi connectivity index (χ1n) is 8.29. The number of hydrogen-bond donors (Lipinski definition) is 2. The Labute approximate surface area is 144 Å². The van der Waals surface area contributed by atoms with Gasteiger partial charge in [-0.05, 0) is 19.5 Å². The number of hydrogen-bond acceptors (Lipinski definition) is 5. The van der Waals surface area contributed by atoms with Crippen molar-refractivity contribution in [3.05, 3.63) is 17.5 Å². The number of aromatic nitrogens is 2. The predicted octanol–water partition coefficient (Wildman–Crippen LogP) is 0.832. The predicted molar refractivity (Wildman–Crippen MR) is 93.4 cm³/mol. The van der Waals surface area contributed by atoms with Crippen LogP contribution in [-0.2, 0) is 26.6 Å². The number of H-pyrrole nitrogens is 1. The number of nitrogens with zero attached hydrogens (tertiary/aromatic N) is 2. The third-order valence-electron chi connectivity index (χ3n) is 4.40. The maximum absolute atomic E-state index is 12.0. The molecule has 1 saturated heterocycles. The van der Waals surface area contributed by atoms with Crippen molar-refractivity contribution in [1.29, 1.82) is 0 Å². The lowest BCUT2D eigenvalue weighted by Gasteiger charge is -2.22. The molecule has 1 amide bonds. The van der Waals surface area contributed by atoms with Gasteiger partial charge in [-0.2, -0.15) is 5.10 Å². The smallest absolute Gasteiger partial charge is 0.221 e. The Morgan fingerprint density at radius 1 is 1.46 bits per heavy atom. The van der Waals surface area contributed by atoms with Gasteiger partial charge in [0.05, 0.1) is 29.4 Å². The molecule has 0 bridgehead atoms. The first-order chi connectivity index (χ1) is 11.1. The second-order valence-electron chi connectivity index (χ2n) is 7.59. The van der Waals surface area contributed by atoms with Gasteiger partial charge in [0.2, 0.25) is 5.91 Å². The van der Waals surface area contributed by atoms with Crippen molar-refractivity contribution in [2.24, 2.45) is 0 Å². The zero-order valence-corrected chi connectivity index (χ0v) is 15.7. The Morgan fingerprint density at radius 2 is 2.17 bits per heavy atom. The van der Waals surface area contributed by atoms with Gasteiger partial charge in [-0.1, -0.05) is 20.8 Å². The van der Waals surface area contributed by atoms with Gasteiger partial charge >= 0.3 is 0 Å². The van der Waals surface area contributed by atoms with E-state index in [1.54, 1.807) is 0 Å². The van der Waals surface area contributed by atoms with E-state index in [0.29, 0.717) is 25.9 Å². The van der Waals surface area contributed by atoms with Crippen LogP contribution in [0.2, 0.25) is 0 Å². The van der Waals surface area contributed by atoms with Crippen LogP contribution in [-0.4, -0.2) is 60.6 Å². The molecule has 8 heteroatoms. The fourth-order valence-electron chi connectivity index (χ4n) is 2.70. The lowest BCUT2D eigenvalue weighted by atomic mass is 9.92. The standard InChI is InChI=1S/C16H28N4O3S/c1-16(2,3)14-9-12(18-19-14)10-17-15(21)5-7-20(4)13-6-8-24(22,23)11-13/h9,13H,5-8,10-11H2,1-4H3,(H,17,21)(H,18,19)/t13-/m0/s1. The fraction of sp³-hybridized carbons (Fsp3) is 0.750. The van der Waals surface area contributed by atoms with E-state index in [9.17, 15) is 13.2 Å². The third-order valence-corrected chi connectivity index (χ3v) is 6.15. The molecule has 0 unspecified atom stereocenters. The largest absolute Gasteiger partial charge is 0.350 e. The summed E-state index contributed by atoms with van der Waals surface area (Å²) in [5.74, 6) is 0.411. The molecule has 1 fully saturated rings. The van der Waals surface area contributed by atoms with E-state index in [1.165, 1.54) is 0 Å². The van der Waals surface area contributed by atoms with Crippen LogP contribution in [0.5, 0.6) is 0 Å². The number of nitrogens with one attached hydrogen (secondary N) is 2. The quantitative estimate of drug-likeness (QED) is 0.787. The molecule has 136 valence electrons. The van der Waals surface area contributed by atoms with Crippen LogP contribution in [0.1, 0.15) is 45.0 Å². The summed E-state index contributed by atoms with van der Waals surface area (Å²) >= 11 is 0. The Hall–Kier alpha value is -1.41. The monoisotopic (exact) mass is 356 g/mol. The molecular weight excluding hydrogens is 328 g/mol. The molecule has 7 nitrogen and oxygen atoms in total. The normalized spacial score (nSPS) is 20.5. The van der Waals surface area contributed by atoms with E-state index < -0.39 is 9.84 Å². The summed E-state index contributed by atoms with van der Waals surface area (Å²) in [6.45, 7) is 7.24. The van der Waals surface area contributed by atoms with Crippen molar-refractivity contribution >= 4 is 15.7 Å². The number of sulfone groups is 1. The molecule has 2 N–H and O–H groups in total. The van der Waals surface area contributed by atoms with E-state index in [-0.39, 0.29) is 28.9 Å². The average Bonchev–Trinajstić information content (AvgIpc) is 3.08. The van der Waals surface area contributed by atoms with Gasteiger partial charge in [0.25, 0.3) is 0 Å². The molecule has 2 heterocycles. The molecule has 1 aromatic rings. The Morgan fingerprint density at radius 3 is 2.71 bits per heavy atom. The topological polar surface area (TPSA) is 95.2 Å². The second kappa shape index (κ2) is 7.23. The van der Waals surface area contributed by atoms with Crippen molar-refractivity contribution in [3.8, 4) is 0 Å². The van der Waals surface area contributed by atoms with Crippen LogP contribution in [0.25, 0.3) is 0 Å². The molecule has 1 aliphatic heterocycles. The van der Waals surface area contributed by atoms with Crippen molar-refractivity contribution in [1.82, 2.24) is 20.4 Å². The summed E-state index contributed by atoms with van der Waals surface area (Å²) in [6.07, 6.45) is 1.01. The maximum atomic E-state index is 12.0. The molecule has 0 saturated carbocycles. The minimum absolute atomic E-state index is 0.0247. The molecule has 1 atom stereocenters. The molecule has 0 spiro atoms. The van der Waals surface area contributed by atoms with Gasteiger partial charge in [0.15, 0.2) is 9.84 Å². The molecule has 2 rings (SSSR count). The Kier molecular flexibility index (Phi) is 5.70. The summed E-state index contributed by atoms with van der Waals surface area (Å²) in [4.78, 5) is 13.9. The SMILES string of the molecule is CN(CCC(=O)NCc1cc(C(C)(C)C)n[nH]1)[C@H]1CCS(=O)(=O)C1. The first-order valence-corrected chi connectivity index (χ1v) is 10.1. The Balaban J connectivity index is 1.73. The van der Waals surface area contributed by atoms with Gasteiger partial charge in [-0.25, -0.2) is 8.42 Å². The summed E-state index contributed by atoms with van der Waals surface area (Å²) in [5, 5.41) is 10.1. The van der Waals surface area contributed by atoms with E-state index in [1.807, 2.05) is 18.0 Å². The highest BCUT2D eigenvalue weighted by molar-refractivity contribution is 7.91. The number of carbonyl (C=O) groups is 1. The lowest BCUT2D eigenvalue weighted by molar-refractivity contribution is -0.121. The second-order valence-corrected chi connectivity index (χ2v) is 9.82. The van der Waals surface area contributed by atoms with Gasteiger partial charge in [0.1, 0.15) is 0 Å². The van der Waals surface area contributed by atoms with Crippen LogP contribution in [0, 0.1) is 0 Å². The van der Waals surface area contributed by atoms with Crippen molar-refractivity contribution in [2.45, 2.75) is 51.6 Å². The zero-order valence-electron chi connectivity index (χ0n) is 14.9. The fourth-order valence-corrected chi connectivity index (χ4v) is 4.51. The highest BCUT2D eigenvalue weighted by Crippen LogP contribution is 2.20. The minimum Gasteiger partial charge on any atom is -0.350 e. The van der Waals surface area contributed by atoms with Crippen LogP contribution >= 0.6 is 0 Å². The van der Waals surface area contributed by atoms with Gasteiger partial charge in [-0.3, -0.25) is 9.89 Å². The number of rotatable bonds is 6. The van der Waals surface area contributed by atoms with E-state index in [2.05, 4.69) is 36.3 Å². The summed E-state index contributed by atoms with van der Waals surface area (Å²) in [5.41, 5.74) is 1.82. The lowest BCUT2D eigenvalue weighted by Crippen LogP contribution is -2.36. The van der Waals surface area contributed by atoms with E-state index in [4.69, 9.17) is 0 Å². The van der Waals surface area contributed by atoms with E-state index >= 15 is 0 Å². The van der Waals surface area contributed by atoms with Gasteiger partial charge in [-0.15, -0.1) is 0 Å². The molecule has 1 aliphatic rings.